The summed E-state index contributed by atoms with van der Waals surface area (Å²) in [5.74, 6) is 3.55. The minimum atomic E-state index is -0.102. The van der Waals surface area contributed by atoms with Crippen molar-refractivity contribution < 1.29 is 4.79 Å². The van der Waals surface area contributed by atoms with E-state index >= 15 is 0 Å². The zero-order valence-electron chi connectivity index (χ0n) is 10.1. The number of aromatic nitrogens is 1. The Bertz CT molecular complexity index is 369. The molecule has 1 aromatic rings. The van der Waals surface area contributed by atoms with Gasteiger partial charge in [0.2, 0.25) is 0 Å². The Morgan fingerprint density at radius 1 is 1.44 bits per heavy atom. The third-order valence-corrected chi connectivity index (χ3v) is 5.40. The summed E-state index contributed by atoms with van der Waals surface area (Å²) in [5.41, 5.74) is 1.01. The van der Waals surface area contributed by atoms with E-state index in [0.717, 1.165) is 17.9 Å². The largest absolute Gasteiger partial charge is 0.337 e. The van der Waals surface area contributed by atoms with Crippen LogP contribution in [0, 0.1) is 0 Å². The van der Waals surface area contributed by atoms with E-state index in [2.05, 4.69) is 15.6 Å². The molecule has 0 radical (unpaired) electrons. The van der Waals surface area contributed by atoms with E-state index < -0.39 is 0 Å². The van der Waals surface area contributed by atoms with Gasteiger partial charge in [0, 0.05) is 48.0 Å². The van der Waals surface area contributed by atoms with Gasteiger partial charge in [0.05, 0.1) is 0 Å². The number of hydrogen-bond acceptors (Lipinski definition) is 4. The van der Waals surface area contributed by atoms with Crippen molar-refractivity contribution in [2.75, 3.05) is 23.8 Å². The van der Waals surface area contributed by atoms with E-state index in [-0.39, 0.29) is 6.03 Å². The van der Waals surface area contributed by atoms with Gasteiger partial charge in [-0.25, -0.2) is 4.79 Å². The number of hydrogen-bond donors (Lipinski definition) is 2. The third-order valence-electron chi connectivity index (χ3n) is 2.55. The molecule has 0 aliphatic carbocycles. The van der Waals surface area contributed by atoms with Crippen molar-refractivity contribution in [2.24, 2.45) is 0 Å². The van der Waals surface area contributed by atoms with Gasteiger partial charge < -0.3 is 10.6 Å². The molecule has 0 saturated carbocycles. The number of pyridine rings is 1. The lowest BCUT2D eigenvalue weighted by molar-refractivity contribution is 0.240. The van der Waals surface area contributed by atoms with Crippen LogP contribution in [0.1, 0.15) is 5.56 Å². The Labute approximate surface area is 116 Å². The smallest absolute Gasteiger partial charge is 0.315 e. The topological polar surface area (TPSA) is 54.0 Å². The molecule has 1 fully saturated rings. The summed E-state index contributed by atoms with van der Waals surface area (Å²) in [6.45, 7) is 1.27. The molecule has 1 saturated heterocycles. The zero-order chi connectivity index (χ0) is 12.6. The highest BCUT2D eigenvalue weighted by molar-refractivity contribution is 8.06. The van der Waals surface area contributed by atoms with Crippen LogP contribution in [0.5, 0.6) is 0 Å². The molecular weight excluding hydrogens is 266 g/mol. The number of urea groups is 1. The maximum atomic E-state index is 11.6. The second kappa shape index (κ2) is 7.53. The molecule has 2 N–H and O–H groups in total. The van der Waals surface area contributed by atoms with Crippen molar-refractivity contribution in [3.8, 4) is 0 Å². The maximum Gasteiger partial charge on any atom is 0.315 e. The summed E-state index contributed by atoms with van der Waals surface area (Å²) in [6.07, 6.45) is 3.48. The Morgan fingerprint density at radius 3 is 3.11 bits per heavy atom. The summed E-state index contributed by atoms with van der Waals surface area (Å²) in [7, 11) is 0. The minimum absolute atomic E-state index is 0.102. The summed E-state index contributed by atoms with van der Waals surface area (Å²) in [5, 5.41) is 6.30. The van der Waals surface area contributed by atoms with Crippen molar-refractivity contribution in [1.82, 2.24) is 15.6 Å². The number of nitrogens with one attached hydrogen (secondary N) is 2. The SMILES string of the molecule is O=C(NCc1cccnc1)NC[C@@H]1CSCCS1. The first kappa shape index (κ1) is 13.5. The molecule has 0 aromatic carbocycles. The summed E-state index contributed by atoms with van der Waals surface area (Å²) in [6, 6.07) is 3.71. The van der Waals surface area contributed by atoms with Gasteiger partial charge >= 0.3 is 6.03 Å². The number of amides is 2. The van der Waals surface area contributed by atoms with Crippen LogP contribution in [0.25, 0.3) is 0 Å². The van der Waals surface area contributed by atoms with E-state index in [9.17, 15) is 4.79 Å². The van der Waals surface area contributed by atoms with Gasteiger partial charge in [-0.05, 0) is 11.6 Å². The second-order valence-corrected chi connectivity index (χ2v) is 6.55. The normalized spacial score (nSPS) is 19.2. The van der Waals surface area contributed by atoms with Gasteiger partial charge in [0.25, 0.3) is 0 Å². The van der Waals surface area contributed by atoms with Gasteiger partial charge in [-0.1, -0.05) is 6.07 Å². The monoisotopic (exact) mass is 283 g/mol. The predicted octanol–water partition coefficient (Wildman–Crippen LogP) is 1.73. The highest BCUT2D eigenvalue weighted by Crippen LogP contribution is 2.23. The van der Waals surface area contributed by atoms with Crippen molar-refractivity contribution in [1.29, 1.82) is 0 Å². The predicted molar refractivity (Wildman–Crippen MR) is 78.0 cm³/mol. The Balaban J connectivity index is 1.63. The third kappa shape index (κ3) is 4.78. The van der Waals surface area contributed by atoms with E-state index in [1.165, 1.54) is 11.5 Å². The van der Waals surface area contributed by atoms with E-state index in [4.69, 9.17) is 0 Å². The van der Waals surface area contributed by atoms with Gasteiger partial charge in [-0.2, -0.15) is 23.5 Å². The van der Waals surface area contributed by atoms with Crippen molar-refractivity contribution in [3.63, 3.8) is 0 Å². The minimum Gasteiger partial charge on any atom is -0.337 e. The number of rotatable bonds is 4. The molecule has 18 heavy (non-hydrogen) atoms. The Hall–Kier alpha value is -0.880. The molecule has 4 nitrogen and oxygen atoms in total. The molecule has 6 heteroatoms. The van der Waals surface area contributed by atoms with Gasteiger partial charge in [-0.15, -0.1) is 0 Å². The molecule has 1 aromatic heterocycles. The fourth-order valence-corrected chi connectivity index (χ4v) is 4.22. The second-order valence-electron chi connectivity index (χ2n) is 3.99. The van der Waals surface area contributed by atoms with Crippen LogP contribution in [-0.4, -0.2) is 40.1 Å². The quantitative estimate of drug-likeness (QED) is 0.883. The van der Waals surface area contributed by atoms with Gasteiger partial charge in [0.1, 0.15) is 0 Å². The van der Waals surface area contributed by atoms with Gasteiger partial charge in [0.15, 0.2) is 0 Å². The van der Waals surface area contributed by atoms with Crippen molar-refractivity contribution >= 4 is 29.6 Å². The average Bonchev–Trinajstić information content (AvgIpc) is 2.45. The van der Waals surface area contributed by atoms with Crippen LogP contribution in [0.4, 0.5) is 4.79 Å². The van der Waals surface area contributed by atoms with Crippen LogP contribution < -0.4 is 10.6 Å². The van der Waals surface area contributed by atoms with Gasteiger partial charge in [-0.3, -0.25) is 4.98 Å². The maximum absolute atomic E-state index is 11.6. The number of carbonyl (C=O) groups excluding carboxylic acids is 1. The van der Waals surface area contributed by atoms with Crippen molar-refractivity contribution in [3.05, 3.63) is 30.1 Å². The Kier molecular flexibility index (Phi) is 5.67. The van der Waals surface area contributed by atoms with Crippen LogP contribution in [0.2, 0.25) is 0 Å². The first-order valence-corrected chi connectivity index (χ1v) is 8.15. The van der Waals surface area contributed by atoms with Crippen LogP contribution in [0.15, 0.2) is 24.5 Å². The molecule has 2 heterocycles. The molecule has 0 spiro atoms. The molecule has 1 atom stereocenters. The summed E-state index contributed by atoms with van der Waals surface area (Å²) in [4.78, 5) is 15.6. The number of thioether (sulfide) groups is 2. The number of nitrogens with zero attached hydrogens (tertiary/aromatic N) is 1. The Morgan fingerprint density at radius 2 is 2.39 bits per heavy atom. The molecule has 1 aliphatic heterocycles. The molecule has 1 aliphatic rings. The van der Waals surface area contributed by atoms with Crippen LogP contribution in [0.3, 0.4) is 0 Å². The highest BCUT2D eigenvalue weighted by Gasteiger charge is 2.14. The summed E-state index contributed by atoms with van der Waals surface area (Å²) < 4.78 is 0. The zero-order valence-corrected chi connectivity index (χ0v) is 11.7. The molecule has 2 rings (SSSR count). The lowest BCUT2D eigenvalue weighted by Crippen LogP contribution is -2.39. The molecule has 0 bridgehead atoms. The number of carbonyl (C=O) groups is 1. The lowest BCUT2D eigenvalue weighted by atomic mass is 10.3. The first-order valence-electron chi connectivity index (χ1n) is 5.94. The first-order chi connectivity index (χ1) is 8.84. The molecule has 98 valence electrons. The fourth-order valence-electron chi connectivity index (χ4n) is 1.61. The molecular formula is C12H17N3OS2. The van der Waals surface area contributed by atoms with E-state index in [1.54, 1.807) is 12.4 Å². The highest BCUT2D eigenvalue weighted by atomic mass is 32.2. The molecule has 0 unspecified atom stereocenters. The van der Waals surface area contributed by atoms with E-state index in [1.807, 2.05) is 35.7 Å². The van der Waals surface area contributed by atoms with Crippen LogP contribution in [-0.2, 0) is 6.54 Å². The van der Waals surface area contributed by atoms with Crippen LogP contribution >= 0.6 is 23.5 Å². The summed E-state index contributed by atoms with van der Waals surface area (Å²) >= 11 is 3.91. The van der Waals surface area contributed by atoms with E-state index in [0.29, 0.717) is 11.8 Å². The molecule has 2 amide bonds. The van der Waals surface area contributed by atoms with Crippen molar-refractivity contribution in [2.45, 2.75) is 11.8 Å². The standard InChI is InChI=1S/C12H17N3OS2/c16-12(14-7-10-2-1-3-13-6-10)15-8-11-9-17-4-5-18-11/h1-3,6,11H,4-5,7-9H2,(H2,14,15,16)/t11-/m1/s1. The average molecular weight is 283 g/mol. The fraction of sp³-hybridized carbons (Fsp3) is 0.500. The lowest BCUT2D eigenvalue weighted by Gasteiger charge is -2.21.